The van der Waals surface area contributed by atoms with Gasteiger partial charge in [0.15, 0.2) is 11.5 Å². The summed E-state index contributed by atoms with van der Waals surface area (Å²) in [6.45, 7) is 5.74. The van der Waals surface area contributed by atoms with Crippen molar-refractivity contribution in [2.45, 2.75) is 26.9 Å². The molecule has 1 aliphatic rings. The van der Waals surface area contributed by atoms with E-state index in [9.17, 15) is 4.79 Å². The number of hydrazone groups is 1. The zero-order valence-corrected chi connectivity index (χ0v) is 17.3. The highest BCUT2D eigenvalue weighted by Gasteiger charge is 2.28. The number of amides is 1. The van der Waals surface area contributed by atoms with E-state index in [0.29, 0.717) is 22.8 Å². The average molecular weight is 429 g/mol. The van der Waals surface area contributed by atoms with Crippen LogP contribution in [-0.4, -0.2) is 24.8 Å². The summed E-state index contributed by atoms with van der Waals surface area (Å²) < 4.78 is 12.1. The molecule has 3 rings (SSSR count). The lowest BCUT2D eigenvalue weighted by Crippen LogP contribution is -2.21. The van der Waals surface area contributed by atoms with Crippen molar-refractivity contribution in [3.63, 3.8) is 0 Å². The number of hydrogen-bond donors (Lipinski definition) is 0. The highest BCUT2D eigenvalue weighted by Crippen LogP contribution is 2.38. The monoisotopic (exact) mass is 428 g/mol. The van der Waals surface area contributed by atoms with E-state index in [4.69, 9.17) is 9.47 Å². The minimum atomic E-state index is -0.156. The van der Waals surface area contributed by atoms with Gasteiger partial charge in [0.1, 0.15) is 0 Å². The van der Waals surface area contributed by atoms with Gasteiger partial charge in [0.25, 0.3) is 5.91 Å². The summed E-state index contributed by atoms with van der Waals surface area (Å²) in [5.41, 5.74) is 2.78. The van der Waals surface area contributed by atoms with Gasteiger partial charge in [0.2, 0.25) is 0 Å². The van der Waals surface area contributed by atoms with Crippen molar-refractivity contribution in [2.75, 3.05) is 12.1 Å². The van der Waals surface area contributed by atoms with Crippen LogP contribution in [0.5, 0.6) is 11.5 Å². The SMILES string of the molecule is COc1cc(/C=C2/C(=O)N(c3ccccc3)N=C2C)cc(Br)c1OC(C)C. The molecule has 0 saturated heterocycles. The standard InChI is InChI=1S/C21H21BrN2O3/c1-13(2)27-20-18(22)11-15(12-19(20)26-4)10-17-14(3)23-24(21(17)25)16-8-6-5-7-9-16/h5-13H,1-4H3/b17-10+. The Kier molecular flexibility index (Phi) is 5.65. The number of carbonyl (C=O) groups is 1. The van der Waals surface area contributed by atoms with Gasteiger partial charge < -0.3 is 9.47 Å². The third kappa shape index (κ3) is 4.06. The Labute approximate surface area is 167 Å². The summed E-state index contributed by atoms with van der Waals surface area (Å²) in [6, 6.07) is 13.1. The van der Waals surface area contributed by atoms with E-state index in [1.54, 1.807) is 7.11 Å². The van der Waals surface area contributed by atoms with Crippen LogP contribution in [0.1, 0.15) is 26.3 Å². The van der Waals surface area contributed by atoms with Crippen LogP contribution < -0.4 is 14.5 Å². The second kappa shape index (κ2) is 7.96. The van der Waals surface area contributed by atoms with Gasteiger partial charge in [-0.25, -0.2) is 0 Å². The largest absolute Gasteiger partial charge is 0.493 e. The predicted octanol–water partition coefficient (Wildman–Crippen LogP) is 5.05. The Balaban J connectivity index is 1.96. The number of anilines is 1. The van der Waals surface area contributed by atoms with E-state index >= 15 is 0 Å². The highest BCUT2D eigenvalue weighted by molar-refractivity contribution is 9.10. The van der Waals surface area contributed by atoms with Crippen molar-refractivity contribution in [1.82, 2.24) is 0 Å². The maximum atomic E-state index is 12.8. The number of para-hydroxylation sites is 1. The molecule has 0 unspecified atom stereocenters. The van der Waals surface area contributed by atoms with Gasteiger partial charge in [-0.15, -0.1) is 0 Å². The zero-order valence-electron chi connectivity index (χ0n) is 15.7. The van der Waals surface area contributed by atoms with Crippen molar-refractivity contribution >= 4 is 39.3 Å². The lowest BCUT2D eigenvalue weighted by molar-refractivity contribution is -0.114. The molecule has 1 amide bonds. The first kappa shape index (κ1) is 19.2. The summed E-state index contributed by atoms with van der Waals surface area (Å²) in [5, 5.41) is 5.82. The molecule has 0 N–H and O–H groups in total. The fourth-order valence-electron chi connectivity index (χ4n) is 2.77. The molecule has 0 spiro atoms. The number of benzene rings is 2. The number of ether oxygens (including phenoxy) is 2. The highest BCUT2D eigenvalue weighted by atomic mass is 79.9. The molecule has 0 saturated carbocycles. The molecule has 27 heavy (non-hydrogen) atoms. The van der Waals surface area contributed by atoms with E-state index in [0.717, 1.165) is 15.7 Å². The summed E-state index contributed by atoms with van der Waals surface area (Å²) in [6.07, 6.45) is 1.83. The fraction of sp³-hybridized carbons (Fsp3) is 0.238. The quantitative estimate of drug-likeness (QED) is 0.625. The molecule has 5 nitrogen and oxygen atoms in total. The van der Waals surface area contributed by atoms with Crippen LogP contribution >= 0.6 is 15.9 Å². The molecule has 0 aromatic heterocycles. The van der Waals surface area contributed by atoms with Gasteiger partial charge >= 0.3 is 0 Å². The van der Waals surface area contributed by atoms with Gasteiger partial charge in [0.05, 0.1) is 34.7 Å². The lowest BCUT2D eigenvalue weighted by Gasteiger charge is -2.16. The van der Waals surface area contributed by atoms with Crippen molar-refractivity contribution in [1.29, 1.82) is 0 Å². The normalized spacial score (nSPS) is 15.5. The Morgan fingerprint density at radius 1 is 1.19 bits per heavy atom. The molecule has 0 radical (unpaired) electrons. The molecule has 140 valence electrons. The Morgan fingerprint density at radius 2 is 1.89 bits per heavy atom. The minimum absolute atomic E-state index is 0.0182. The number of nitrogens with zero attached hydrogens (tertiary/aromatic N) is 2. The first-order chi connectivity index (χ1) is 12.9. The van der Waals surface area contributed by atoms with E-state index in [1.807, 2.05) is 69.3 Å². The summed E-state index contributed by atoms with van der Waals surface area (Å²) in [5.74, 6) is 1.09. The maximum absolute atomic E-state index is 12.8. The second-order valence-corrected chi connectivity index (χ2v) is 7.25. The van der Waals surface area contributed by atoms with Crippen LogP contribution in [0.15, 0.2) is 57.6 Å². The maximum Gasteiger partial charge on any atom is 0.280 e. The number of carbonyl (C=O) groups excluding carboxylic acids is 1. The van der Waals surface area contributed by atoms with Crippen molar-refractivity contribution in [2.24, 2.45) is 5.10 Å². The number of rotatable bonds is 5. The third-order valence-electron chi connectivity index (χ3n) is 3.98. The Morgan fingerprint density at radius 3 is 2.52 bits per heavy atom. The van der Waals surface area contributed by atoms with E-state index < -0.39 is 0 Å². The average Bonchev–Trinajstić information content (AvgIpc) is 2.92. The van der Waals surface area contributed by atoms with Gasteiger partial charge in [-0.3, -0.25) is 4.79 Å². The smallest absolute Gasteiger partial charge is 0.280 e. The molecule has 0 atom stereocenters. The zero-order chi connectivity index (χ0) is 19.6. The first-order valence-corrected chi connectivity index (χ1v) is 9.41. The van der Waals surface area contributed by atoms with Crippen molar-refractivity contribution in [3.05, 3.63) is 58.1 Å². The first-order valence-electron chi connectivity index (χ1n) is 8.61. The van der Waals surface area contributed by atoms with E-state index in [1.165, 1.54) is 5.01 Å². The minimum Gasteiger partial charge on any atom is -0.493 e. The molecule has 0 aliphatic carbocycles. The van der Waals surface area contributed by atoms with Crippen molar-refractivity contribution in [3.8, 4) is 11.5 Å². The van der Waals surface area contributed by atoms with E-state index in [2.05, 4.69) is 21.0 Å². The topological polar surface area (TPSA) is 51.1 Å². The summed E-state index contributed by atoms with van der Waals surface area (Å²) in [4.78, 5) is 12.8. The van der Waals surface area contributed by atoms with Gasteiger partial charge in [-0.1, -0.05) is 18.2 Å². The molecular weight excluding hydrogens is 408 g/mol. The van der Waals surface area contributed by atoms with Crippen molar-refractivity contribution < 1.29 is 14.3 Å². The Bertz CT molecular complexity index is 921. The van der Waals surface area contributed by atoms with Gasteiger partial charge in [-0.05, 0) is 72.6 Å². The molecule has 0 fully saturated rings. The third-order valence-corrected chi connectivity index (χ3v) is 4.57. The number of methoxy groups -OCH3 is 1. The number of hydrogen-bond acceptors (Lipinski definition) is 4. The van der Waals surface area contributed by atoms with Crippen LogP contribution in [0.25, 0.3) is 6.08 Å². The summed E-state index contributed by atoms with van der Waals surface area (Å²) in [7, 11) is 1.59. The van der Waals surface area contributed by atoms with Crippen LogP contribution in [-0.2, 0) is 4.79 Å². The van der Waals surface area contributed by atoms with E-state index in [-0.39, 0.29) is 12.0 Å². The second-order valence-electron chi connectivity index (χ2n) is 6.40. The van der Waals surface area contributed by atoms with Crippen LogP contribution in [0, 0.1) is 0 Å². The molecule has 2 aromatic carbocycles. The fourth-order valence-corrected chi connectivity index (χ4v) is 3.32. The molecular formula is C21H21BrN2O3. The van der Waals surface area contributed by atoms with Crippen LogP contribution in [0.3, 0.4) is 0 Å². The van der Waals surface area contributed by atoms with Gasteiger partial charge in [-0.2, -0.15) is 10.1 Å². The molecule has 1 aliphatic heterocycles. The molecule has 6 heteroatoms. The number of halogens is 1. The van der Waals surface area contributed by atoms with Gasteiger partial charge in [0, 0.05) is 0 Å². The molecule has 1 heterocycles. The molecule has 0 bridgehead atoms. The van der Waals surface area contributed by atoms with Crippen LogP contribution in [0.2, 0.25) is 0 Å². The van der Waals surface area contributed by atoms with Crippen LogP contribution in [0.4, 0.5) is 5.69 Å². The molecule has 2 aromatic rings. The Hall–Kier alpha value is -2.60. The predicted molar refractivity (Wildman–Crippen MR) is 111 cm³/mol. The lowest BCUT2D eigenvalue weighted by atomic mass is 10.1. The summed E-state index contributed by atoms with van der Waals surface area (Å²) >= 11 is 3.54.